The van der Waals surface area contributed by atoms with Gasteiger partial charge in [0.25, 0.3) is 0 Å². The Morgan fingerprint density at radius 1 is 1.44 bits per heavy atom. The Balaban J connectivity index is 2.22. The van der Waals surface area contributed by atoms with E-state index >= 15 is 0 Å². The number of halogens is 1. The Hall–Kier alpha value is -1.32. The number of furan rings is 1. The molecule has 1 heterocycles. The van der Waals surface area contributed by atoms with Gasteiger partial charge in [0.2, 0.25) is 5.78 Å². The van der Waals surface area contributed by atoms with Gasteiger partial charge in [0, 0.05) is 22.9 Å². The third-order valence-corrected chi connectivity index (χ3v) is 3.10. The van der Waals surface area contributed by atoms with E-state index in [1.807, 2.05) is 13.8 Å². The highest BCUT2D eigenvalue weighted by molar-refractivity contribution is 6.31. The number of rotatable bonds is 5. The summed E-state index contributed by atoms with van der Waals surface area (Å²) >= 11 is 5.90. The molecule has 1 N–H and O–H groups in total. The van der Waals surface area contributed by atoms with E-state index in [4.69, 9.17) is 16.0 Å². The highest BCUT2D eigenvalue weighted by Gasteiger charge is 2.18. The van der Waals surface area contributed by atoms with E-state index in [1.54, 1.807) is 24.3 Å². The summed E-state index contributed by atoms with van der Waals surface area (Å²) in [4.78, 5) is 12.1. The number of carbonyl (C=O) groups is 1. The van der Waals surface area contributed by atoms with Crippen LogP contribution in [0.4, 0.5) is 0 Å². The van der Waals surface area contributed by atoms with Gasteiger partial charge in [0.1, 0.15) is 5.58 Å². The van der Waals surface area contributed by atoms with Gasteiger partial charge in [-0.1, -0.05) is 25.4 Å². The lowest BCUT2D eigenvalue weighted by molar-refractivity contribution is 0.0903. The van der Waals surface area contributed by atoms with Gasteiger partial charge in [-0.3, -0.25) is 4.79 Å². The van der Waals surface area contributed by atoms with Gasteiger partial charge >= 0.3 is 0 Å². The summed E-state index contributed by atoms with van der Waals surface area (Å²) in [7, 11) is 0. The van der Waals surface area contributed by atoms with E-state index < -0.39 is 0 Å². The van der Waals surface area contributed by atoms with Crippen molar-refractivity contribution in [1.82, 2.24) is 5.32 Å². The molecule has 0 radical (unpaired) electrons. The van der Waals surface area contributed by atoms with Crippen LogP contribution in [0.5, 0.6) is 0 Å². The van der Waals surface area contributed by atoms with Crippen LogP contribution in [-0.2, 0) is 0 Å². The third kappa shape index (κ3) is 2.74. The van der Waals surface area contributed by atoms with Crippen molar-refractivity contribution >= 4 is 28.4 Å². The summed E-state index contributed by atoms with van der Waals surface area (Å²) in [5.41, 5.74) is 0.693. The molecule has 1 aromatic carbocycles. The van der Waals surface area contributed by atoms with E-state index in [0.29, 0.717) is 22.9 Å². The normalized spacial score (nSPS) is 12.8. The van der Waals surface area contributed by atoms with Crippen molar-refractivity contribution in [3.63, 3.8) is 0 Å². The second kappa shape index (κ2) is 5.55. The molecular weight excluding hydrogens is 250 g/mol. The average molecular weight is 266 g/mol. The molecule has 1 aromatic heterocycles. The van der Waals surface area contributed by atoms with Crippen molar-refractivity contribution in [2.24, 2.45) is 5.92 Å². The number of Topliss-reactive ketones (excluding diaryl/α,β-unsaturated/α-hetero) is 1. The number of hydrogen-bond donors (Lipinski definition) is 1. The maximum Gasteiger partial charge on any atom is 0.202 e. The van der Waals surface area contributed by atoms with Crippen molar-refractivity contribution < 1.29 is 9.21 Å². The molecule has 2 rings (SSSR count). The van der Waals surface area contributed by atoms with Crippen molar-refractivity contribution in [2.45, 2.75) is 13.8 Å². The van der Waals surface area contributed by atoms with E-state index in [9.17, 15) is 4.79 Å². The van der Waals surface area contributed by atoms with Gasteiger partial charge in [0.05, 0.1) is 0 Å². The van der Waals surface area contributed by atoms with Crippen LogP contribution in [0.3, 0.4) is 0 Å². The summed E-state index contributed by atoms with van der Waals surface area (Å²) in [6.45, 7) is 5.42. The molecule has 2 aromatic rings. The van der Waals surface area contributed by atoms with Crippen LogP contribution in [0.25, 0.3) is 11.0 Å². The molecule has 0 aliphatic heterocycles. The zero-order chi connectivity index (χ0) is 13.1. The lowest BCUT2D eigenvalue weighted by atomic mass is 10.0. The Kier molecular flexibility index (Phi) is 4.04. The van der Waals surface area contributed by atoms with Gasteiger partial charge in [-0.25, -0.2) is 0 Å². The fourth-order valence-corrected chi connectivity index (χ4v) is 2.01. The fourth-order valence-electron chi connectivity index (χ4n) is 1.83. The van der Waals surface area contributed by atoms with Crippen molar-refractivity contribution in [1.29, 1.82) is 0 Å². The number of nitrogens with one attached hydrogen (secondary N) is 1. The van der Waals surface area contributed by atoms with Crippen LogP contribution in [0.15, 0.2) is 28.7 Å². The minimum absolute atomic E-state index is 0.0169. The van der Waals surface area contributed by atoms with Gasteiger partial charge < -0.3 is 9.73 Å². The number of benzene rings is 1. The topological polar surface area (TPSA) is 42.2 Å². The highest BCUT2D eigenvalue weighted by atomic mass is 35.5. The van der Waals surface area contributed by atoms with E-state index in [-0.39, 0.29) is 11.7 Å². The summed E-state index contributed by atoms with van der Waals surface area (Å²) in [5.74, 6) is 0.321. The largest absolute Gasteiger partial charge is 0.453 e. The number of hydrogen-bond acceptors (Lipinski definition) is 3. The smallest absolute Gasteiger partial charge is 0.202 e. The van der Waals surface area contributed by atoms with Gasteiger partial charge in [0.15, 0.2) is 5.76 Å². The highest BCUT2D eigenvalue weighted by Crippen LogP contribution is 2.24. The minimum atomic E-state index is -0.0963. The Morgan fingerprint density at radius 2 is 2.22 bits per heavy atom. The molecule has 3 nitrogen and oxygen atoms in total. The Morgan fingerprint density at radius 3 is 2.94 bits per heavy atom. The predicted octanol–water partition coefficient (Wildman–Crippen LogP) is 3.51. The Bertz CT molecular complexity index is 562. The summed E-state index contributed by atoms with van der Waals surface area (Å²) < 4.78 is 5.55. The Labute approximate surface area is 111 Å². The molecule has 0 saturated carbocycles. The molecule has 96 valence electrons. The molecule has 0 amide bonds. The zero-order valence-electron chi connectivity index (χ0n) is 10.5. The molecule has 1 unspecified atom stereocenters. The minimum Gasteiger partial charge on any atom is -0.453 e. The van der Waals surface area contributed by atoms with E-state index in [0.717, 1.165) is 11.9 Å². The lowest BCUT2D eigenvalue weighted by Crippen LogP contribution is -2.26. The van der Waals surface area contributed by atoms with Crippen LogP contribution in [-0.4, -0.2) is 18.9 Å². The van der Waals surface area contributed by atoms with E-state index in [2.05, 4.69) is 5.32 Å². The fraction of sp³-hybridized carbons (Fsp3) is 0.357. The first-order valence-electron chi connectivity index (χ1n) is 6.06. The zero-order valence-corrected chi connectivity index (χ0v) is 11.3. The monoisotopic (exact) mass is 265 g/mol. The molecule has 0 saturated heterocycles. The first-order chi connectivity index (χ1) is 8.61. The van der Waals surface area contributed by atoms with Gasteiger partial charge in [-0.15, -0.1) is 0 Å². The first kappa shape index (κ1) is 13.1. The summed E-state index contributed by atoms with van der Waals surface area (Å²) in [6.07, 6.45) is 0. The molecule has 4 heteroatoms. The second-order valence-corrected chi connectivity index (χ2v) is 4.80. The van der Waals surface area contributed by atoms with E-state index in [1.165, 1.54) is 0 Å². The molecule has 18 heavy (non-hydrogen) atoms. The lowest BCUT2D eigenvalue weighted by Gasteiger charge is -2.08. The van der Waals surface area contributed by atoms with Crippen LogP contribution < -0.4 is 5.32 Å². The van der Waals surface area contributed by atoms with Crippen LogP contribution in [0.1, 0.15) is 24.4 Å². The van der Waals surface area contributed by atoms with Crippen molar-refractivity contribution in [3.05, 3.63) is 35.0 Å². The standard InChI is InChI=1S/C14H16ClNO2/c1-3-16-8-9(2)14(17)13-7-10-6-11(15)4-5-12(10)18-13/h4-7,9,16H,3,8H2,1-2H3. The average Bonchev–Trinajstić information content (AvgIpc) is 2.77. The SMILES string of the molecule is CCNCC(C)C(=O)c1cc2cc(Cl)ccc2o1. The van der Waals surface area contributed by atoms with Crippen LogP contribution in [0, 0.1) is 5.92 Å². The first-order valence-corrected chi connectivity index (χ1v) is 6.43. The number of fused-ring (bicyclic) bond motifs is 1. The molecule has 0 bridgehead atoms. The van der Waals surface area contributed by atoms with Gasteiger partial charge in [-0.2, -0.15) is 0 Å². The molecular formula is C14H16ClNO2. The predicted molar refractivity (Wildman–Crippen MR) is 73.3 cm³/mol. The number of carbonyl (C=O) groups excluding carboxylic acids is 1. The third-order valence-electron chi connectivity index (χ3n) is 2.87. The van der Waals surface area contributed by atoms with Crippen LogP contribution >= 0.6 is 11.6 Å². The van der Waals surface area contributed by atoms with Crippen molar-refractivity contribution in [3.8, 4) is 0 Å². The number of ketones is 1. The summed E-state index contributed by atoms with van der Waals surface area (Å²) in [5, 5.41) is 4.66. The van der Waals surface area contributed by atoms with Gasteiger partial charge in [-0.05, 0) is 30.8 Å². The molecule has 0 fully saturated rings. The van der Waals surface area contributed by atoms with Crippen LogP contribution in [0.2, 0.25) is 5.02 Å². The molecule has 0 aliphatic carbocycles. The molecule has 1 atom stereocenters. The second-order valence-electron chi connectivity index (χ2n) is 4.37. The van der Waals surface area contributed by atoms with Crippen molar-refractivity contribution in [2.75, 3.05) is 13.1 Å². The molecule has 0 aliphatic rings. The quantitative estimate of drug-likeness (QED) is 0.841. The maximum atomic E-state index is 12.1. The maximum absolute atomic E-state index is 12.1. The summed E-state index contributed by atoms with van der Waals surface area (Å²) in [6, 6.07) is 7.09. The molecule has 0 spiro atoms.